The Morgan fingerprint density at radius 2 is 1.49 bits per heavy atom. The maximum atomic E-state index is 11.5. The lowest BCUT2D eigenvalue weighted by molar-refractivity contribution is -0.385. The van der Waals surface area contributed by atoms with Gasteiger partial charge in [0, 0.05) is 31.8 Å². The summed E-state index contributed by atoms with van der Waals surface area (Å²) in [5.74, 6) is 0. The number of hydrogen-bond acceptors (Lipinski definition) is 5. The molecule has 0 unspecified atom stereocenters. The van der Waals surface area contributed by atoms with Crippen molar-refractivity contribution in [3.05, 3.63) is 112 Å². The van der Waals surface area contributed by atoms with E-state index in [4.69, 9.17) is 9.16 Å². The fourth-order valence-electron chi connectivity index (χ4n) is 4.62. The van der Waals surface area contributed by atoms with Crippen molar-refractivity contribution in [1.82, 2.24) is 4.90 Å². The van der Waals surface area contributed by atoms with Crippen LogP contribution in [0, 0.1) is 10.1 Å². The molecule has 1 atom stereocenters. The molecule has 0 aliphatic carbocycles. The van der Waals surface area contributed by atoms with E-state index in [-0.39, 0.29) is 16.7 Å². The van der Waals surface area contributed by atoms with Crippen molar-refractivity contribution in [2.45, 2.75) is 58.2 Å². The van der Waals surface area contributed by atoms with Gasteiger partial charge in [-0.05, 0) is 34.8 Å². The highest BCUT2D eigenvalue weighted by molar-refractivity contribution is 6.73. The van der Waals surface area contributed by atoms with Crippen LogP contribution >= 0.6 is 0 Å². The van der Waals surface area contributed by atoms with Gasteiger partial charge in [0.15, 0.2) is 8.32 Å². The van der Waals surface area contributed by atoms with Crippen LogP contribution in [0.5, 0.6) is 0 Å². The van der Waals surface area contributed by atoms with Gasteiger partial charge in [0.05, 0.1) is 24.2 Å². The predicted molar refractivity (Wildman–Crippen MR) is 152 cm³/mol. The van der Waals surface area contributed by atoms with Gasteiger partial charge in [-0.1, -0.05) is 93.6 Å². The molecule has 0 fully saturated rings. The molecule has 6 nitrogen and oxygen atoms in total. The first-order chi connectivity index (χ1) is 18.0. The highest BCUT2D eigenvalue weighted by atomic mass is 28.4. The molecule has 0 heterocycles. The predicted octanol–water partition coefficient (Wildman–Crippen LogP) is 7.38. The first kappa shape index (κ1) is 28.7. The molecule has 0 radical (unpaired) electrons. The zero-order chi connectivity index (χ0) is 26.5. The minimum absolute atomic E-state index is 0.101. The van der Waals surface area contributed by atoms with Crippen molar-refractivity contribution in [2.24, 2.45) is 0 Å². The van der Waals surface area contributed by atoms with Gasteiger partial charge < -0.3 is 9.16 Å². The lowest BCUT2D eigenvalue weighted by Crippen LogP contribution is -2.41. The quantitative estimate of drug-likeness (QED) is 0.0853. The lowest BCUT2D eigenvalue weighted by Gasteiger charge is -2.36. The van der Waals surface area contributed by atoms with E-state index < -0.39 is 8.32 Å². The summed E-state index contributed by atoms with van der Waals surface area (Å²) in [6.07, 6.45) is -0.246. The van der Waals surface area contributed by atoms with Gasteiger partial charge in [-0.15, -0.1) is 0 Å². The Morgan fingerprint density at radius 1 is 0.865 bits per heavy atom. The Morgan fingerprint density at radius 3 is 2.08 bits per heavy atom. The zero-order valence-electron chi connectivity index (χ0n) is 22.3. The van der Waals surface area contributed by atoms with Gasteiger partial charge in [-0.25, -0.2) is 0 Å². The second-order valence-corrected chi connectivity index (χ2v) is 14.2. The molecule has 0 aliphatic heterocycles. The molecule has 3 aromatic rings. The van der Waals surface area contributed by atoms with E-state index >= 15 is 0 Å². The summed E-state index contributed by atoms with van der Waals surface area (Å²) in [5.41, 5.74) is 3.33. The maximum absolute atomic E-state index is 11.5. The molecular formula is C30H40N2O4Si. The van der Waals surface area contributed by atoms with Gasteiger partial charge in [-0.3, -0.25) is 15.0 Å². The average molecular weight is 521 g/mol. The molecule has 0 aliphatic rings. The van der Waals surface area contributed by atoms with Crippen LogP contribution in [0.2, 0.25) is 18.1 Å². The fraction of sp³-hybridized carbons (Fsp3) is 0.400. The first-order valence-corrected chi connectivity index (χ1v) is 15.8. The number of rotatable bonds is 16. The van der Waals surface area contributed by atoms with Gasteiger partial charge in [0.1, 0.15) is 0 Å². The van der Waals surface area contributed by atoms with Gasteiger partial charge >= 0.3 is 0 Å². The molecule has 0 N–H and O–H groups in total. The monoisotopic (exact) mass is 520 g/mol. The molecule has 198 valence electrons. The molecule has 0 bridgehead atoms. The molecule has 3 aromatic carbocycles. The van der Waals surface area contributed by atoms with Crippen molar-refractivity contribution >= 4 is 14.0 Å². The van der Waals surface area contributed by atoms with E-state index in [0.717, 1.165) is 42.3 Å². The van der Waals surface area contributed by atoms with Crippen molar-refractivity contribution in [1.29, 1.82) is 0 Å². The largest absolute Gasteiger partial charge is 0.409 e. The van der Waals surface area contributed by atoms with Crippen molar-refractivity contribution < 1.29 is 14.1 Å². The van der Waals surface area contributed by atoms with Crippen LogP contribution in [0.4, 0.5) is 5.69 Å². The number of nitro benzene ring substituents is 1. The Labute approximate surface area is 222 Å². The smallest absolute Gasteiger partial charge is 0.269 e. The summed E-state index contributed by atoms with van der Waals surface area (Å²) in [5, 5.41) is 11.5. The van der Waals surface area contributed by atoms with E-state index in [0.29, 0.717) is 19.8 Å². The molecule has 3 rings (SSSR count). The summed E-state index contributed by atoms with van der Waals surface area (Å²) in [6.45, 7) is 9.91. The second kappa shape index (κ2) is 14.8. The summed E-state index contributed by atoms with van der Waals surface area (Å²) in [6, 6.07) is 30.6. The summed E-state index contributed by atoms with van der Waals surface area (Å²) in [7, 11) is -1.98. The minimum atomic E-state index is -1.98. The van der Waals surface area contributed by atoms with Crippen molar-refractivity contribution in [3.8, 4) is 0 Å². The van der Waals surface area contributed by atoms with E-state index in [1.165, 1.54) is 5.56 Å². The molecule has 0 saturated carbocycles. The minimum Gasteiger partial charge on any atom is -0.409 e. The number of non-ortho nitro benzene ring substituents is 1. The molecule has 0 amide bonds. The molecule has 7 heteroatoms. The van der Waals surface area contributed by atoms with Crippen LogP contribution in [0.3, 0.4) is 0 Å². The van der Waals surface area contributed by atoms with Crippen LogP contribution < -0.4 is 0 Å². The standard InChI is InChI=1S/C30H40N2O4Si/c1-4-37(5-2,6-3)36-30(28-18-13-19-29(22-28)32(33)34)24-31(23-26-14-9-7-10-15-26)20-21-35-25-27-16-11-8-12-17-27/h7-19,22,30H,4-6,20-21,23-25H2,1-3H3/t30-/m0/s1. The number of nitrogens with zero attached hydrogens (tertiary/aromatic N) is 2. The summed E-state index contributed by atoms with van der Waals surface area (Å²) < 4.78 is 13.0. The lowest BCUT2D eigenvalue weighted by atomic mass is 10.1. The van der Waals surface area contributed by atoms with Crippen LogP contribution in [-0.4, -0.2) is 37.8 Å². The second-order valence-electron chi connectivity index (χ2n) is 9.46. The maximum Gasteiger partial charge on any atom is 0.269 e. The van der Waals surface area contributed by atoms with E-state index in [1.807, 2.05) is 30.3 Å². The summed E-state index contributed by atoms with van der Waals surface area (Å²) in [4.78, 5) is 13.6. The van der Waals surface area contributed by atoms with E-state index in [1.54, 1.807) is 18.2 Å². The van der Waals surface area contributed by atoms with Crippen LogP contribution in [0.15, 0.2) is 84.9 Å². The molecule has 37 heavy (non-hydrogen) atoms. The third kappa shape index (κ3) is 8.89. The number of benzene rings is 3. The highest BCUT2D eigenvalue weighted by Gasteiger charge is 2.33. The van der Waals surface area contributed by atoms with E-state index in [9.17, 15) is 10.1 Å². The Kier molecular flexibility index (Phi) is 11.5. The third-order valence-corrected chi connectivity index (χ3v) is 11.8. The molecule has 0 spiro atoms. The Hall–Kier alpha value is -2.84. The van der Waals surface area contributed by atoms with Crippen molar-refractivity contribution in [2.75, 3.05) is 19.7 Å². The molecule has 0 aromatic heterocycles. The Bertz CT molecular complexity index is 1070. The fourth-order valence-corrected chi connectivity index (χ4v) is 7.43. The number of ether oxygens (including phenoxy) is 1. The van der Waals surface area contributed by atoms with Crippen molar-refractivity contribution in [3.63, 3.8) is 0 Å². The SMILES string of the molecule is CC[Si](CC)(CC)O[C@@H](CN(CCOCc1ccccc1)Cc1ccccc1)c1cccc([N+](=O)[O-])c1. The van der Waals surface area contributed by atoms with Gasteiger partial charge in [-0.2, -0.15) is 0 Å². The van der Waals surface area contributed by atoms with Crippen LogP contribution in [0.25, 0.3) is 0 Å². The summed E-state index contributed by atoms with van der Waals surface area (Å²) >= 11 is 0. The van der Waals surface area contributed by atoms with Crippen LogP contribution in [0.1, 0.15) is 43.6 Å². The normalized spacial score (nSPS) is 12.5. The average Bonchev–Trinajstić information content (AvgIpc) is 2.94. The highest BCUT2D eigenvalue weighted by Crippen LogP contribution is 2.32. The molecule has 0 saturated heterocycles. The van der Waals surface area contributed by atoms with Gasteiger partial charge in [0.2, 0.25) is 0 Å². The topological polar surface area (TPSA) is 64.8 Å². The molecular weight excluding hydrogens is 480 g/mol. The number of nitro groups is 1. The van der Waals surface area contributed by atoms with Gasteiger partial charge in [0.25, 0.3) is 5.69 Å². The zero-order valence-corrected chi connectivity index (χ0v) is 23.3. The first-order valence-electron chi connectivity index (χ1n) is 13.3. The Balaban J connectivity index is 1.82. The third-order valence-electron chi connectivity index (χ3n) is 7.11. The van der Waals surface area contributed by atoms with E-state index in [2.05, 4.69) is 62.1 Å². The van der Waals surface area contributed by atoms with Crippen LogP contribution in [-0.2, 0) is 22.3 Å². The number of hydrogen-bond donors (Lipinski definition) is 0.